The first-order valence-corrected chi connectivity index (χ1v) is 6.19. The Labute approximate surface area is 105 Å². The van der Waals surface area contributed by atoms with Gasteiger partial charge in [-0.1, -0.05) is 12.1 Å². The Hall–Kier alpha value is -1.99. The van der Waals surface area contributed by atoms with Crippen LogP contribution in [0, 0.1) is 11.3 Å². The summed E-state index contributed by atoms with van der Waals surface area (Å²) in [7, 11) is 0. The molecular weight excluding hydrogens is 230 g/mol. The molecule has 0 radical (unpaired) electrons. The third-order valence-corrected chi connectivity index (χ3v) is 3.62. The SMILES string of the molecule is CC(Nc1cccc(C#N)c1N)c1cccs1. The number of anilines is 2. The minimum atomic E-state index is 0.186. The van der Waals surface area contributed by atoms with E-state index in [4.69, 9.17) is 11.0 Å². The summed E-state index contributed by atoms with van der Waals surface area (Å²) >= 11 is 1.70. The second kappa shape index (κ2) is 4.89. The molecule has 1 atom stereocenters. The van der Waals surface area contributed by atoms with Crippen LogP contribution in [0.5, 0.6) is 0 Å². The number of nitriles is 1. The van der Waals surface area contributed by atoms with E-state index in [1.165, 1.54) is 4.88 Å². The zero-order valence-corrected chi connectivity index (χ0v) is 10.3. The number of para-hydroxylation sites is 1. The largest absolute Gasteiger partial charge is 0.396 e. The van der Waals surface area contributed by atoms with E-state index in [-0.39, 0.29) is 6.04 Å². The second-order valence-corrected chi connectivity index (χ2v) is 4.74. The Balaban J connectivity index is 2.23. The lowest BCUT2D eigenvalue weighted by molar-refractivity contribution is 0.909. The van der Waals surface area contributed by atoms with Crippen LogP contribution in [0.1, 0.15) is 23.4 Å². The Morgan fingerprint density at radius 2 is 2.18 bits per heavy atom. The van der Waals surface area contributed by atoms with Crippen molar-refractivity contribution in [2.24, 2.45) is 0 Å². The van der Waals surface area contributed by atoms with Crippen molar-refractivity contribution in [2.75, 3.05) is 11.1 Å². The van der Waals surface area contributed by atoms with Crippen molar-refractivity contribution in [3.8, 4) is 6.07 Å². The highest BCUT2D eigenvalue weighted by molar-refractivity contribution is 7.10. The Morgan fingerprint density at radius 1 is 1.35 bits per heavy atom. The average Bonchev–Trinajstić information content (AvgIpc) is 2.85. The van der Waals surface area contributed by atoms with Crippen LogP contribution >= 0.6 is 11.3 Å². The van der Waals surface area contributed by atoms with Gasteiger partial charge >= 0.3 is 0 Å². The van der Waals surface area contributed by atoms with Crippen molar-refractivity contribution in [2.45, 2.75) is 13.0 Å². The van der Waals surface area contributed by atoms with Gasteiger partial charge in [-0.3, -0.25) is 0 Å². The Kier molecular flexibility index (Phi) is 3.31. The summed E-state index contributed by atoms with van der Waals surface area (Å²) < 4.78 is 0. The summed E-state index contributed by atoms with van der Waals surface area (Å²) in [4.78, 5) is 1.24. The predicted molar refractivity (Wildman–Crippen MR) is 71.9 cm³/mol. The maximum Gasteiger partial charge on any atom is 0.101 e. The van der Waals surface area contributed by atoms with Crippen LogP contribution in [-0.2, 0) is 0 Å². The molecule has 0 fully saturated rings. The highest BCUT2D eigenvalue weighted by atomic mass is 32.1. The van der Waals surface area contributed by atoms with Gasteiger partial charge in [-0.2, -0.15) is 5.26 Å². The van der Waals surface area contributed by atoms with Gasteiger partial charge in [0, 0.05) is 4.88 Å². The van der Waals surface area contributed by atoms with Gasteiger partial charge in [0.1, 0.15) is 6.07 Å². The predicted octanol–water partition coefficient (Wildman–Crippen LogP) is 3.38. The fourth-order valence-corrected chi connectivity index (χ4v) is 2.37. The fraction of sp³-hybridized carbons (Fsp3) is 0.154. The van der Waals surface area contributed by atoms with E-state index in [0.717, 1.165) is 5.69 Å². The summed E-state index contributed by atoms with van der Waals surface area (Å²) in [6, 6.07) is 11.8. The maximum atomic E-state index is 8.91. The van der Waals surface area contributed by atoms with Crippen LogP contribution in [0.4, 0.5) is 11.4 Å². The van der Waals surface area contributed by atoms with Gasteiger partial charge in [-0.25, -0.2) is 0 Å². The molecule has 3 nitrogen and oxygen atoms in total. The molecule has 4 heteroatoms. The molecule has 0 aliphatic carbocycles. The van der Waals surface area contributed by atoms with Crippen molar-refractivity contribution >= 4 is 22.7 Å². The monoisotopic (exact) mass is 243 g/mol. The van der Waals surface area contributed by atoms with E-state index >= 15 is 0 Å². The molecule has 1 unspecified atom stereocenters. The van der Waals surface area contributed by atoms with Crippen LogP contribution in [0.15, 0.2) is 35.7 Å². The Morgan fingerprint density at radius 3 is 2.82 bits per heavy atom. The van der Waals surface area contributed by atoms with E-state index in [0.29, 0.717) is 11.3 Å². The van der Waals surface area contributed by atoms with Crippen molar-refractivity contribution < 1.29 is 0 Å². The number of hydrogen-bond acceptors (Lipinski definition) is 4. The zero-order chi connectivity index (χ0) is 12.3. The zero-order valence-electron chi connectivity index (χ0n) is 9.47. The molecule has 1 aromatic carbocycles. The van der Waals surface area contributed by atoms with Crippen molar-refractivity contribution in [1.29, 1.82) is 5.26 Å². The summed E-state index contributed by atoms with van der Waals surface area (Å²) in [5.74, 6) is 0. The third-order valence-electron chi connectivity index (χ3n) is 2.57. The van der Waals surface area contributed by atoms with Crippen molar-refractivity contribution in [1.82, 2.24) is 0 Å². The molecule has 0 aliphatic rings. The molecule has 0 amide bonds. The summed E-state index contributed by atoms with van der Waals surface area (Å²) in [6.45, 7) is 2.07. The standard InChI is InChI=1S/C13H13N3S/c1-9(12-6-3-7-17-12)16-11-5-2-4-10(8-14)13(11)15/h2-7,9,16H,15H2,1H3. The molecule has 1 aromatic heterocycles. The van der Waals surface area contributed by atoms with Crippen LogP contribution in [0.25, 0.3) is 0 Å². The van der Waals surface area contributed by atoms with Gasteiger partial charge in [-0.05, 0) is 30.5 Å². The first-order chi connectivity index (χ1) is 8.22. The molecule has 17 heavy (non-hydrogen) atoms. The smallest absolute Gasteiger partial charge is 0.101 e. The molecule has 0 bridgehead atoms. The van der Waals surface area contributed by atoms with Gasteiger partial charge in [0.15, 0.2) is 0 Å². The molecule has 1 heterocycles. The minimum absolute atomic E-state index is 0.186. The van der Waals surface area contributed by atoms with E-state index < -0.39 is 0 Å². The molecule has 2 aromatic rings. The Bertz CT molecular complexity index is 540. The van der Waals surface area contributed by atoms with Crippen LogP contribution < -0.4 is 11.1 Å². The second-order valence-electron chi connectivity index (χ2n) is 3.76. The quantitative estimate of drug-likeness (QED) is 0.812. The lowest BCUT2D eigenvalue weighted by Gasteiger charge is -2.15. The molecule has 3 N–H and O–H groups in total. The topological polar surface area (TPSA) is 61.8 Å². The van der Waals surface area contributed by atoms with E-state index in [2.05, 4.69) is 24.4 Å². The van der Waals surface area contributed by atoms with E-state index in [1.54, 1.807) is 17.4 Å². The van der Waals surface area contributed by atoms with E-state index in [9.17, 15) is 0 Å². The van der Waals surface area contributed by atoms with Gasteiger partial charge in [-0.15, -0.1) is 11.3 Å². The average molecular weight is 243 g/mol. The van der Waals surface area contributed by atoms with Gasteiger partial charge in [0.2, 0.25) is 0 Å². The third kappa shape index (κ3) is 2.40. The number of rotatable bonds is 3. The van der Waals surface area contributed by atoms with Gasteiger partial charge < -0.3 is 11.1 Å². The summed E-state index contributed by atoms with van der Waals surface area (Å²) in [6.07, 6.45) is 0. The van der Waals surface area contributed by atoms with Crippen molar-refractivity contribution in [3.05, 3.63) is 46.2 Å². The molecule has 0 spiro atoms. The van der Waals surface area contributed by atoms with Crippen LogP contribution in [-0.4, -0.2) is 0 Å². The van der Waals surface area contributed by atoms with Crippen LogP contribution in [0.2, 0.25) is 0 Å². The maximum absolute atomic E-state index is 8.91. The first-order valence-electron chi connectivity index (χ1n) is 5.31. The fourth-order valence-electron chi connectivity index (χ4n) is 1.63. The number of benzene rings is 1. The molecule has 2 rings (SSSR count). The number of nitrogen functional groups attached to an aromatic ring is 1. The number of thiophene rings is 1. The first kappa shape index (κ1) is 11.5. The normalized spacial score (nSPS) is 11.8. The lowest BCUT2D eigenvalue weighted by atomic mass is 10.1. The minimum Gasteiger partial charge on any atom is -0.396 e. The molecule has 0 saturated carbocycles. The highest BCUT2D eigenvalue weighted by Crippen LogP contribution is 2.28. The van der Waals surface area contributed by atoms with Crippen molar-refractivity contribution in [3.63, 3.8) is 0 Å². The van der Waals surface area contributed by atoms with Crippen LogP contribution in [0.3, 0.4) is 0 Å². The molecular formula is C13H13N3S. The van der Waals surface area contributed by atoms with Gasteiger partial charge in [0.05, 0.1) is 23.0 Å². The number of hydrogen-bond donors (Lipinski definition) is 2. The highest BCUT2D eigenvalue weighted by Gasteiger charge is 2.09. The number of nitrogens with zero attached hydrogens (tertiary/aromatic N) is 1. The summed E-state index contributed by atoms with van der Waals surface area (Å²) in [5.41, 5.74) is 7.74. The van der Waals surface area contributed by atoms with E-state index in [1.807, 2.05) is 23.6 Å². The molecule has 86 valence electrons. The summed E-state index contributed by atoms with van der Waals surface area (Å²) in [5, 5.41) is 14.3. The van der Waals surface area contributed by atoms with Gasteiger partial charge in [0.25, 0.3) is 0 Å². The lowest BCUT2D eigenvalue weighted by Crippen LogP contribution is -2.07. The number of nitrogens with one attached hydrogen (secondary N) is 1. The molecule has 0 aliphatic heterocycles. The number of nitrogens with two attached hydrogens (primary N) is 1. The molecule has 0 saturated heterocycles.